The standard InChI is InChI=1S/C24H28FN3OS.ClH/c1-4-27(5-2)14-7-15-28(23(29)20-8-6-9-21(25)16-20)24-26-22(17-30-24)19-12-10-18(3)11-13-19;/h6,8-13,16-17H,4-5,7,14-15H2,1-3H3;1H. The zero-order valence-electron chi connectivity index (χ0n) is 18.2. The van der Waals surface area contributed by atoms with Crippen LogP contribution in [0.2, 0.25) is 0 Å². The maximum atomic E-state index is 13.7. The largest absolute Gasteiger partial charge is 0.304 e. The van der Waals surface area contributed by atoms with Crippen LogP contribution >= 0.6 is 23.7 Å². The summed E-state index contributed by atoms with van der Waals surface area (Å²) in [5, 5.41) is 2.61. The van der Waals surface area contributed by atoms with Crippen molar-refractivity contribution < 1.29 is 9.18 Å². The van der Waals surface area contributed by atoms with Crippen LogP contribution in [0.3, 0.4) is 0 Å². The van der Waals surface area contributed by atoms with Crippen molar-refractivity contribution in [2.45, 2.75) is 27.2 Å². The molecule has 0 spiro atoms. The molecule has 4 nitrogen and oxygen atoms in total. The molecule has 0 N–H and O–H groups in total. The minimum absolute atomic E-state index is 0. The number of aryl methyl sites for hydroxylation is 1. The van der Waals surface area contributed by atoms with Crippen molar-refractivity contribution in [2.75, 3.05) is 31.1 Å². The summed E-state index contributed by atoms with van der Waals surface area (Å²) in [6.07, 6.45) is 0.822. The zero-order chi connectivity index (χ0) is 21.5. The molecule has 0 bridgehead atoms. The SMILES string of the molecule is CCN(CC)CCCN(C(=O)c1cccc(F)c1)c1nc(-c2ccc(C)cc2)cs1.Cl. The van der Waals surface area contributed by atoms with Crippen molar-refractivity contribution in [1.29, 1.82) is 0 Å². The van der Waals surface area contributed by atoms with Gasteiger partial charge >= 0.3 is 0 Å². The second kappa shape index (κ2) is 11.9. The van der Waals surface area contributed by atoms with E-state index in [1.165, 1.54) is 29.0 Å². The molecule has 3 rings (SSSR count). The van der Waals surface area contributed by atoms with Gasteiger partial charge in [-0.05, 0) is 51.2 Å². The second-order valence-electron chi connectivity index (χ2n) is 7.23. The lowest BCUT2D eigenvalue weighted by molar-refractivity contribution is 0.0985. The minimum Gasteiger partial charge on any atom is -0.304 e. The summed E-state index contributed by atoms with van der Waals surface area (Å²) in [4.78, 5) is 22.0. The fourth-order valence-electron chi connectivity index (χ4n) is 3.30. The van der Waals surface area contributed by atoms with Gasteiger partial charge in [-0.25, -0.2) is 9.37 Å². The highest BCUT2D eigenvalue weighted by molar-refractivity contribution is 7.14. The van der Waals surface area contributed by atoms with Gasteiger partial charge in [-0.2, -0.15) is 0 Å². The van der Waals surface area contributed by atoms with E-state index in [0.29, 0.717) is 17.2 Å². The van der Waals surface area contributed by atoms with E-state index in [9.17, 15) is 9.18 Å². The van der Waals surface area contributed by atoms with Crippen molar-refractivity contribution in [3.05, 3.63) is 70.9 Å². The Hall–Kier alpha value is -2.28. The molecule has 0 atom stereocenters. The number of amides is 1. The number of carbonyl (C=O) groups excluding carboxylic acids is 1. The van der Waals surface area contributed by atoms with E-state index in [2.05, 4.69) is 18.7 Å². The molecule has 0 saturated carbocycles. The highest BCUT2D eigenvalue weighted by Crippen LogP contribution is 2.29. The number of halogens is 2. The van der Waals surface area contributed by atoms with E-state index in [4.69, 9.17) is 4.98 Å². The van der Waals surface area contributed by atoms with Crippen molar-refractivity contribution >= 4 is 34.8 Å². The van der Waals surface area contributed by atoms with Gasteiger partial charge in [0.05, 0.1) is 5.69 Å². The molecule has 166 valence electrons. The Labute approximate surface area is 194 Å². The lowest BCUT2D eigenvalue weighted by Gasteiger charge is -2.23. The topological polar surface area (TPSA) is 36.4 Å². The molecule has 2 aromatic carbocycles. The van der Waals surface area contributed by atoms with Gasteiger partial charge in [-0.3, -0.25) is 9.69 Å². The molecule has 1 amide bonds. The van der Waals surface area contributed by atoms with Crippen molar-refractivity contribution in [2.24, 2.45) is 0 Å². The summed E-state index contributed by atoms with van der Waals surface area (Å²) < 4.78 is 13.7. The third-order valence-electron chi connectivity index (χ3n) is 5.14. The molecule has 3 aromatic rings. The average molecular weight is 462 g/mol. The van der Waals surface area contributed by atoms with Crippen molar-refractivity contribution in [3.63, 3.8) is 0 Å². The van der Waals surface area contributed by atoms with E-state index in [1.807, 2.05) is 36.6 Å². The average Bonchev–Trinajstić information content (AvgIpc) is 3.24. The predicted octanol–water partition coefficient (Wildman–Crippen LogP) is 6.06. The van der Waals surface area contributed by atoms with Gasteiger partial charge in [0, 0.05) is 23.1 Å². The molecule has 0 radical (unpaired) electrons. The van der Waals surface area contributed by atoms with Gasteiger partial charge in [0.15, 0.2) is 5.13 Å². The Kier molecular flexibility index (Phi) is 9.62. The highest BCUT2D eigenvalue weighted by atomic mass is 35.5. The van der Waals surface area contributed by atoms with Gasteiger partial charge in [0.2, 0.25) is 0 Å². The molecular weight excluding hydrogens is 433 g/mol. The minimum atomic E-state index is -0.413. The lowest BCUT2D eigenvalue weighted by atomic mass is 10.1. The Morgan fingerprint density at radius 1 is 1.06 bits per heavy atom. The Morgan fingerprint density at radius 3 is 2.42 bits per heavy atom. The number of rotatable bonds is 9. The number of anilines is 1. The summed E-state index contributed by atoms with van der Waals surface area (Å²) in [6.45, 7) is 9.70. The lowest BCUT2D eigenvalue weighted by Crippen LogP contribution is -2.34. The first-order valence-corrected chi connectivity index (χ1v) is 11.2. The summed E-state index contributed by atoms with van der Waals surface area (Å²) in [5.41, 5.74) is 3.39. The Bertz CT molecular complexity index is 973. The fourth-order valence-corrected chi connectivity index (χ4v) is 4.16. The third kappa shape index (κ3) is 6.60. The molecule has 0 aliphatic heterocycles. The van der Waals surface area contributed by atoms with Gasteiger partial charge in [-0.15, -0.1) is 23.7 Å². The summed E-state index contributed by atoms with van der Waals surface area (Å²) in [5.74, 6) is -0.637. The van der Waals surface area contributed by atoms with Crippen LogP contribution < -0.4 is 4.90 Å². The number of hydrogen-bond donors (Lipinski definition) is 0. The summed E-state index contributed by atoms with van der Waals surface area (Å²) in [7, 11) is 0. The second-order valence-corrected chi connectivity index (χ2v) is 8.07. The van der Waals surface area contributed by atoms with Crippen LogP contribution in [0.25, 0.3) is 11.3 Å². The number of hydrogen-bond acceptors (Lipinski definition) is 4. The molecule has 0 fully saturated rings. The summed E-state index contributed by atoms with van der Waals surface area (Å²) in [6, 6.07) is 14.0. The van der Waals surface area contributed by atoms with Crippen LogP contribution in [-0.2, 0) is 0 Å². The van der Waals surface area contributed by atoms with Crippen LogP contribution in [-0.4, -0.2) is 42.0 Å². The number of thiazole rings is 1. The number of carbonyl (C=O) groups is 1. The third-order valence-corrected chi connectivity index (χ3v) is 6.00. The monoisotopic (exact) mass is 461 g/mol. The van der Waals surface area contributed by atoms with Crippen molar-refractivity contribution in [1.82, 2.24) is 9.88 Å². The molecule has 1 heterocycles. The molecule has 0 aliphatic carbocycles. The maximum absolute atomic E-state index is 13.7. The quantitative estimate of drug-likeness (QED) is 0.388. The van der Waals surface area contributed by atoms with E-state index in [1.54, 1.807) is 17.0 Å². The molecule has 0 aliphatic rings. The molecule has 31 heavy (non-hydrogen) atoms. The first-order valence-electron chi connectivity index (χ1n) is 10.3. The van der Waals surface area contributed by atoms with Crippen LogP contribution in [0.5, 0.6) is 0 Å². The van der Waals surface area contributed by atoms with Crippen LogP contribution in [0.15, 0.2) is 53.9 Å². The molecule has 0 saturated heterocycles. The Morgan fingerprint density at radius 2 is 1.77 bits per heavy atom. The Balaban J connectivity index is 0.00000341. The van der Waals surface area contributed by atoms with Crippen molar-refractivity contribution in [3.8, 4) is 11.3 Å². The zero-order valence-corrected chi connectivity index (χ0v) is 19.8. The van der Waals surface area contributed by atoms with Crippen LogP contribution in [0, 0.1) is 12.7 Å². The maximum Gasteiger partial charge on any atom is 0.260 e. The predicted molar refractivity (Wildman–Crippen MR) is 130 cm³/mol. The molecule has 0 unspecified atom stereocenters. The van der Waals surface area contributed by atoms with Gasteiger partial charge in [0.1, 0.15) is 5.82 Å². The van der Waals surface area contributed by atoms with Crippen LogP contribution in [0.1, 0.15) is 36.2 Å². The number of benzene rings is 2. The normalized spacial score (nSPS) is 10.7. The van der Waals surface area contributed by atoms with E-state index < -0.39 is 5.82 Å². The summed E-state index contributed by atoms with van der Waals surface area (Å²) >= 11 is 1.44. The fraction of sp³-hybridized carbons (Fsp3) is 0.333. The molecule has 7 heteroatoms. The smallest absolute Gasteiger partial charge is 0.260 e. The molecule has 1 aromatic heterocycles. The highest BCUT2D eigenvalue weighted by Gasteiger charge is 2.21. The first kappa shape index (κ1) is 25.0. The van der Waals surface area contributed by atoms with E-state index in [0.717, 1.165) is 37.3 Å². The van der Waals surface area contributed by atoms with Gasteiger partial charge < -0.3 is 4.90 Å². The first-order chi connectivity index (χ1) is 14.5. The van der Waals surface area contributed by atoms with Gasteiger partial charge in [-0.1, -0.05) is 49.7 Å². The van der Waals surface area contributed by atoms with Gasteiger partial charge in [0.25, 0.3) is 5.91 Å². The van der Waals surface area contributed by atoms with Crippen LogP contribution in [0.4, 0.5) is 9.52 Å². The molecular formula is C24H29ClFN3OS. The van der Waals surface area contributed by atoms with E-state index in [-0.39, 0.29) is 18.3 Å². The number of nitrogens with zero attached hydrogens (tertiary/aromatic N) is 3. The number of aromatic nitrogens is 1. The van der Waals surface area contributed by atoms with E-state index >= 15 is 0 Å².